The van der Waals surface area contributed by atoms with Crippen molar-refractivity contribution in [2.45, 2.75) is 11.5 Å². The second-order valence-corrected chi connectivity index (χ2v) is 21.2. The molecular weight excluding hydrogens is 562 g/mol. The molecule has 0 spiro atoms. The molecule has 0 aliphatic carbocycles. The van der Waals surface area contributed by atoms with E-state index < -0.39 is 13.3 Å². The van der Waals surface area contributed by atoms with Crippen molar-refractivity contribution in [1.82, 2.24) is 4.98 Å². The minimum atomic E-state index is -2.37. The van der Waals surface area contributed by atoms with Gasteiger partial charge >= 0.3 is 213 Å². The van der Waals surface area contributed by atoms with Gasteiger partial charge in [-0.15, -0.1) is 0 Å². The predicted molar refractivity (Wildman–Crippen MR) is 148 cm³/mol. The van der Waals surface area contributed by atoms with Gasteiger partial charge in [-0.1, -0.05) is 0 Å². The third kappa shape index (κ3) is 3.50. The summed E-state index contributed by atoms with van der Waals surface area (Å²) in [5.74, 6) is 4.99. The van der Waals surface area contributed by atoms with Crippen LogP contribution in [-0.4, -0.2) is 32.8 Å². The summed E-state index contributed by atoms with van der Waals surface area (Å²) in [5, 5.41) is 10.7. The van der Waals surface area contributed by atoms with Crippen LogP contribution >= 0.6 is 11.3 Å². The van der Waals surface area contributed by atoms with E-state index in [1.54, 1.807) is 11.3 Å². The maximum atomic E-state index is 9.90. The summed E-state index contributed by atoms with van der Waals surface area (Å²) >= 11 is -0.703. The molecule has 6 rings (SSSR count). The summed E-state index contributed by atoms with van der Waals surface area (Å²) in [6, 6.07) is 32.7. The van der Waals surface area contributed by atoms with Crippen LogP contribution in [0.2, 0.25) is 11.5 Å². The molecule has 1 aliphatic heterocycles. The number of benzene rings is 3. The second kappa shape index (κ2) is 8.41. The molecule has 0 radical (unpaired) electrons. The van der Waals surface area contributed by atoms with E-state index in [4.69, 9.17) is 4.98 Å². The molecule has 0 saturated carbocycles. The Morgan fingerprint density at radius 3 is 2.24 bits per heavy atom. The number of rotatable bonds is 3. The van der Waals surface area contributed by atoms with Crippen LogP contribution in [0.15, 0.2) is 84.9 Å². The Morgan fingerprint density at radius 1 is 0.912 bits per heavy atom. The monoisotopic (exact) mass is 585 g/mol. The fourth-order valence-corrected chi connectivity index (χ4v) is 14.0. The fraction of sp³-hybridized carbons (Fsp3) is 0.0714. The van der Waals surface area contributed by atoms with Crippen LogP contribution in [0, 0.1) is 11.3 Å². The van der Waals surface area contributed by atoms with Gasteiger partial charge in [-0.05, 0) is 0 Å². The molecule has 34 heavy (non-hydrogen) atoms. The predicted octanol–water partition coefficient (Wildman–Crippen LogP) is 6.02. The molecule has 5 aromatic rings. The summed E-state index contributed by atoms with van der Waals surface area (Å²) in [6.07, 6.45) is 2.03. The SMILES string of the molecule is [CH3][Ge]1([CH3])[c]2ccccc2N(c2ccc(/C=C(\C#N)c3nc4ccccc4s3)[se]2)c2cccc[c]21. The van der Waals surface area contributed by atoms with E-state index in [0.717, 1.165) is 15.2 Å². The van der Waals surface area contributed by atoms with E-state index in [-0.39, 0.29) is 14.5 Å². The first-order valence-corrected chi connectivity index (χ1v) is 20.0. The first kappa shape index (κ1) is 21.6. The Labute approximate surface area is 211 Å². The molecule has 0 saturated heterocycles. The molecule has 0 amide bonds. The molecule has 1 aliphatic rings. The number of allylic oxidation sites excluding steroid dienone is 1. The number of anilines is 3. The molecule has 3 heterocycles. The van der Waals surface area contributed by atoms with Gasteiger partial charge in [0.25, 0.3) is 0 Å². The molecule has 6 heteroatoms. The summed E-state index contributed by atoms with van der Waals surface area (Å²) in [4.78, 5) is 7.16. The molecule has 0 unspecified atom stereocenters. The summed E-state index contributed by atoms with van der Waals surface area (Å²) < 4.78 is 6.65. The van der Waals surface area contributed by atoms with Gasteiger partial charge in [0, 0.05) is 0 Å². The van der Waals surface area contributed by atoms with Crippen LogP contribution in [-0.2, 0) is 0 Å². The number of hydrogen-bond donors (Lipinski definition) is 0. The third-order valence-corrected chi connectivity index (χ3v) is 17.0. The Kier molecular flexibility index (Phi) is 5.35. The molecule has 0 atom stereocenters. The van der Waals surface area contributed by atoms with Crippen LogP contribution < -0.4 is 13.7 Å². The summed E-state index contributed by atoms with van der Waals surface area (Å²) in [6.45, 7) is 0. The van der Waals surface area contributed by atoms with Crippen molar-refractivity contribution in [2.24, 2.45) is 0 Å². The fourth-order valence-electron chi connectivity index (χ4n) is 4.72. The van der Waals surface area contributed by atoms with Crippen molar-refractivity contribution in [3.05, 3.63) is 94.4 Å². The third-order valence-electron chi connectivity index (χ3n) is 6.40. The van der Waals surface area contributed by atoms with Crippen LogP contribution in [0.1, 0.15) is 9.44 Å². The summed E-state index contributed by atoms with van der Waals surface area (Å²) in [5.41, 5.74) is 4.23. The maximum absolute atomic E-state index is 9.90. The molecule has 3 aromatic carbocycles. The zero-order valence-electron chi connectivity index (χ0n) is 18.8. The number of fused-ring (bicyclic) bond motifs is 3. The van der Waals surface area contributed by atoms with Gasteiger partial charge in [-0.25, -0.2) is 0 Å². The number of para-hydroxylation sites is 3. The van der Waals surface area contributed by atoms with Crippen LogP contribution in [0.5, 0.6) is 0 Å². The topological polar surface area (TPSA) is 39.9 Å². The first-order valence-electron chi connectivity index (χ1n) is 11.1. The zero-order valence-corrected chi connectivity index (χ0v) is 23.4. The standard InChI is InChI=1S/C28H21GeN3SSe/c1-29(2)21-9-3-6-12-24(21)32(25-13-7-4-10-22(25)29)27-16-15-20(34-27)17-19(18-30)28-31-23-11-5-8-14-26(23)33-28/h3-17H,1-2H3/b19-17+. The number of aromatic nitrogens is 1. The van der Waals surface area contributed by atoms with E-state index in [1.165, 1.54) is 29.2 Å². The number of nitrogens with zero attached hydrogens (tertiary/aromatic N) is 3. The van der Waals surface area contributed by atoms with Gasteiger partial charge in [0.1, 0.15) is 0 Å². The van der Waals surface area contributed by atoms with Gasteiger partial charge in [-0.3, -0.25) is 0 Å². The van der Waals surface area contributed by atoms with Crippen LogP contribution in [0.3, 0.4) is 0 Å². The summed E-state index contributed by atoms with van der Waals surface area (Å²) in [7, 11) is 0. The van der Waals surface area contributed by atoms with E-state index >= 15 is 0 Å². The van der Waals surface area contributed by atoms with Crippen molar-refractivity contribution < 1.29 is 0 Å². The molecule has 164 valence electrons. The molecule has 0 fully saturated rings. The Bertz CT molecular complexity index is 1540. The quantitative estimate of drug-likeness (QED) is 0.193. The normalized spacial score (nSPS) is 14.5. The zero-order chi connectivity index (χ0) is 23.3. The molecule has 2 aromatic heterocycles. The van der Waals surface area contributed by atoms with E-state index in [9.17, 15) is 5.26 Å². The van der Waals surface area contributed by atoms with E-state index in [0.29, 0.717) is 5.57 Å². The molecule has 0 bridgehead atoms. The number of hydrogen-bond acceptors (Lipinski definition) is 4. The van der Waals surface area contributed by atoms with Crippen LogP contribution in [0.25, 0.3) is 21.9 Å². The second-order valence-electron chi connectivity index (χ2n) is 8.83. The van der Waals surface area contributed by atoms with Crippen LogP contribution in [0.4, 0.5) is 15.9 Å². The van der Waals surface area contributed by atoms with Gasteiger partial charge in [0.15, 0.2) is 0 Å². The molecule has 0 N–H and O–H groups in total. The van der Waals surface area contributed by atoms with Gasteiger partial charge in [-0.2, -0.15) is 0 Å². The average Bonchev–Trinajstić information content (AvgIpc) is 3.50. The van der Waals surface area contributed by atoms with Gasteiger partial charge < -0.3 is 0 Å². The Hall–Kier alpha value is -2.88. The van der Waals surface area contributed by atoms with Gasteiger partial charge in [0.2, 0.25) is 0 Å². The van der Waals surface area contributed by atoms with Crippen molar-refractivity contribution >= 4 is 85.7 Å². The minimum absolute atomic E-state index is 0.0908. The molecular formula is C28H21GeN3SSe. The van der Waals surface area contributed by atoms with E-state index in [1.807, 2.05) is 24.3 Å². The average molecular weight is 583 g/mol. The van der Waals surface area contributed by atoms with Crippen molar-refractivity contribution in [1.29, 1.82) is 5.26 Å². The Morgan fingerprint density at radius 2 is 1.56 bits per heavy atom. The van der Waals surface area contributed by atoms with E-state index in [2.05, 4.69) is 89.2 Å². The van der Waals surface area contributed by atoms with Crippen molar-refractivity contribution in [3.8, 4) is 6.07 Å². The number of thiazole rings is 1. The van der Waals surface area contributed by atoms with Crippen molar-refractivity contribution in [3.63, 3.8) is 0 Å². The Balaban J connectivity index is 1.44. The van der Waals surface area contributed by atoms with Gasteiger partial charge in [0.05, 0.1) is 0 Å². The first-order chi connectivity index (χ1) is 16.6. The molecule has 3 nitrogen and oxygen atoms in total. The number of nitriles is 1. The van der Waals surface area contributed by atoms with Crippen molar-refractivity contribution in [2.75, 3.05) is 4.90 Å².